The van der Waals surface area contributed by atoms with Gasteiger partial charge in [0.15, 0.2) is 0 Å². The summed E-state index contributed by atoms with van der Waals surface area (Å²) in [7, 11) is 0. The summed E-state index contributed by atoms with van der Waals surface area (Å²) < 4.78 is 0. The van der Waals surface area contributed by atoms with Crippen molar-refractivity contribution >= 4 is 15.9 Å². The quantitative estimate of drug-likeness (QED) is 0.0655. The Balaban J connectivity index is 1.40. The zero-order valence-corrected chi connectivity index (χ0v) is 25.6. The summed E-state index contributed by atoms with van der Waals surface area (Å²) in [5, 5.41) is 0. The van der Waals surface area contributed by atoms with E-state index in [2.05, 4.69) is 74.2 Å². The molecule has 0 spiro atoms. The number of hydrogen-bond acceptors (Lipinski definition) is 4. The number of halogens is 1. The highest BCUT2D eigenvalue weighted by Crippen LogP contribution is 2.21. The summed E-state index contributed by atoms with van der Waals surface area (Å²) in [6.07, 6.45) is 35.4. The maximum atomic E-state index is 3.95. The van der Waals surface area contributed by atoms with Gasteiger partial charge in [0.1, 0.15) is 0 Å². The Morgan fingerprint density at radius 2 is 0.889 bits per heavy atom. The largest absolute Gasteiger partial charge is 0.359 e. The molecule has 0 aromatic heterocycles. The van der Waals surface area contributed by atoms with E-state index in [1.54, 1.807) is 0 Å². The Kier molecular flexibility index (Phi) is 18.4. The first-order chi connectivity index (χ1) is 17.7. The Labute approximate surface area is 233 Å². The molecule has 0 aliphatic carbocycles. The summed E-state index contributed by atoms with van der Waals surface area (Å²) in [4.78, 5) is 10.4. The van der Waals surface area contributed by atoms with E-state index in [4.69, 9.17) is 0 Å². The molecule has 4 nitrogen and oxygen atoms in total. The van der Waals surface area contributed by atoms with Gasteiger partial charge in [-0.1, -0.05) is 120 Å². The molecule has 0 saturated carbocycles. The fourth-order valence-electron chi connectivity index (χ4n) is 5.31. The van der Waals surface area contributed by atoms with Gasteiger partial charge in [0.05, 0.1) is 18.3 Å². The molecule has 0 aromatic carbocycles. The summed E-state index contributed by atoms with van der Waals surface area (Å²) in [5.41, 5.74) is 0. The average molecular weight is 568 g/mol. The van der Waals surface area contributed by atoms with Crippen molar-refractivity contribution < 1.29 is 0 Å². The Hall–Kier alpha value is -0.840. The fraction of sp³-hybridized carbons (Fsp3) is 0.871. The molecular weight excluding hydrogens is 508 g/mol. The summed E-state index contributed by atoms with van der Waals surface area (Å²) in [6.45, 7) is 10.3. The molecule has 1 atom stereocenters. The van der Waals surface area contributed by atoms with E-state index in [0.717, 1.165) is 13.3 Å². The van der Waals surface area contributed by atoms with E-state index in [1.165, 1.54) is 142 Å². The predicted octanol–water partition coefficient (Wildman–Crippen LogP) is 9.25. The molecule has 0 fully saturated rings. The third kappa shape index (κ3) is 14.8. The van der Waals surface area contributed by atoms with Crippen LogP contribution in [0.2, 0.25) is 0 Å². The lowest BCUT2D eigenvalue weighted by Gasteiger charge is -2.26. The topological polar surface area (TPSA) is 13.0 Å². The van der Waals surface area contributed by atoms with Gasteiger partial charge in [-0.3, -0.25) is 0 Å². The average Bonchev–Trinajstić information content (AvgIpc) is 3.55. The van der Waals surface area contributed by atoms with Crippen LogP contribution in [0.3, 0.4) is 0 Å². The first-order valence-electron chi connectivity index (χ1n) is 15.7. The van der Waals surface area contributed by atoms with E-state index >= 15 is 0 Å². The SMILES string of the molecule is CCCCCCCCCCN1C=CN(CCCCC(Br)N2C=CN(CCCCCCCCCC)C2)C1. The van der Waals surface area contributed by atoms with Gasteiger partial charge in [-0.25, -0.2) is 0 Å². The molecule has 0 bridgehead atoms. The number of alkyl halides is 1. The van der Waals surface area contributed by atoms with Crippen molar-refractivity contribution in [3.05, 3.63) is 24.8 Å². The highest BCUT2D eigenvalue weighted by molar-refractivity contribution is 9.09. The molecule has 0 N–H and O–H groups in total. The van der Waals surface area contributed by atoms with Crippen molar-refractivity contribution in [2.45, 2.75) is 141 Å². The fourth-order valence-corrected chi connectivity index (χ4v) is 5.90. The number of hydrogen-bond donors (Lipinski definition) is 0. The van der Waals surface area contributed by atoms with Gasteiger partial charge in [-0.15, -0.1) is 0 Å². The monoisotopic (exact) mass is 566 g/mol. The Morgan fingerprint density at radius 3 is 1.39 bits per heavy atom. The van der Waals surface area contributed by atoms with Crippen LogP contribution in [0.1, 0.15) is 136 Å². The van der Waals surface area contributed by atoms with Gasteiger partial charge in [0, 0.05) is 44.4 Å². The molecule has 1 unspecified atom stereocenters. The molecule has 0 saturated heterocycles. The van der Waals surface area contributed by atoms with Gasteiger partial charge < -0.3 is 19.6 Å². The van der Waals surface area contributed by atoms with Crippen LogP contribution in [0.15, 0.2) is 24.8 Å². The van der Waals surface area contributed by atoms with Gasteiger partial charge >= 0.3 is 0 Å². The molecule has 0 radical (unpaired) electrons. The minimum atomic E-state index is 0.463. The van der Waals surface area contributed by atoms with E-state index in [-0.39, 0.29) is 0 Å². The van der Waals surface area contributed by atoms with Crippen molar-refractivity contribution in [3.63, 3.8) is 0 Å². The van der Waals surface area contributed by atoms with Crippen LogP contribution >= 0.6 is 15.9 Å². The lowest BCUT2D eigenvalue weighted by molar-refractivity contribution is 0.239. The van der Waals surface area contributed by atoms with Gasteiger partial charge in [-0.2, -0.15) is 0 Å². The lowest BCUT2D eigenvalue weighted by Crippen LogP contribution is -2.31. The molecule has 210 valence electrons. The number of rotatable bonds is 24. The maximum Gasteiger partial charge on any atom is 0.0904 e. The van der Waals surface area contributed by atoms with Crippen molar-refractivity contribution in [1.29, 1.82) is 0 Å². The molecule has 36 heavy (non-hydrogen) atoms. The van der Waals surface area contributed by atoms with Crippen LogP contribution in [0.25, 0.3) is 0 Å². The van der Waals surface area contributed by atoms with Gasteiger partial charge in [-0.05, 0) is 32.1 Å². The second-order valence-electron chi connectivity index (χ2n) is 11.2. The number of nitrogens with zero attached hydrogens (tertiary/aromatic N) is 4. The third-order valence-corrected chi connectivity index (χ3v) is 8.74. The second kappa shape index (κ2) is 21.1. The smallest absolute Gasteiger partial charge is 0.0904 e. The normalized spacial score (nSPS) is 16.2. The summed E-state index contributed by atoms with van der Waals surface area (Å²) >= 11 is 3.95. The Morgan fingerprint density at radius 1 is 0.500 bits per heavy atom. The zero-order valence-electron chi connectivity index (χ0n) is 24.0. The molecule has 2 aliphatic heterocycles. The van der Waals surface area contributed by atoms with Crippen LogP contribution < -0.4 is 0 Å². The van der Waals surface area contributed by atoms with E-state index < -0.39 is 0 Å². The Bertz CT molecular complexity index is 567. The summed E-state index contributed by atoms with van der Waals surface area (Å²) in [6, 6.07) is 0. The minimum absolute atomic E-state index is 0.463. The minimum Gasteiger partial charge on any atom is -0.359 e. The molecule has 2 heterocycles. The molecule has 0 amide bonds. The van der Waals surface area contributed by atoms with Crippen LogP contribution in [-0.4, -0.2) is 57.5 Å². The predicted molar refractivity (Wildman–Crippen MR) is 162 cm³/mol. The van der Waals surface area contributed by atoms with Crippen molar-refractivity contribution in [1.82, 2.24) is 19.6 Å². The van der Waals surface area contributed by atoms with Crippen LogP contribution in [0.5, 0.6) is 0 Å². The summed E-state index contributed by atoms with van der Waals surface area (Å²) in [5.74, 6) is 0. The van der Waals surface area contributed by atoms with Gasteiger partial charge in [0.25, 0.3) is 0 Å². The van der Waals surface area contributed by atoms with Gasteiger partial charge in [0.2, 0.25) is 0 Å². The first kappa shape index (κ1) is 31.4. The van der Waals surface area contributed by atoms with E-state index in [9.17, 15) is 0 Å². The van der Waals surface area contributed by atoms with Crippen molar-refractivity contribution in [3.8, 4) is 0 Å². The highest BCUT2D eigenvalue weighted by Gasteiger charge is 2.18. The molecular formula is C31H59BrN4. The van der Waals surface area contributed by atoms with Crippen molar-refractivity contribution in [2.75, 3.05) is 33.0 Å². The maximum absolute atomic E-state index is 3.95. The van der Waals surface area contributed by atoms with Crippen LogP contribution in [-0.2, 0) is 0 Å². The first-order valence-corrected chi connectivity index (χ1v) is 16.6. The van der Waals surface area contributed by atoms with Crippen LogP contribution in [0.4, 0.5) is 0 Å². The standard InChI is InChI=1S/C31H59BrN4/c1-3-5-7-9-11-13-15-18-22-33-25-26-34(29-33)24-20-17-21-31(32)36-28-27-35(30-36)23-19-16-14-12-10-8-6-4-2/h25-28,31H,3-24,29-30H2,1-2H3. The molecule has 0 aromatic rings. The zero-order chi connectivity index (χ0) is 25.7. The van der Waals surface area contributed by atoms with E-state index in [1.807, 2.05) is 0 Å². The van der Waals surface area contributed by atoms with E-state index in [0.29, 0.717) is 4.95 Å². The molecule has 2 rings (SSSR count). The number of unbranched alkanes of at least 4 members (excludes halogenated alkanes) is 15. The molecule has 2 aliphatic rings. The third-order valence-electron chi connectivity index (χ3n) is 7.76. The van der Waals surface area contributed by atoms with Crippen LogP contribution in [0, 0.1) is 0 Å². The van der Waals surface area contributed by atoms with Crippen molar-refractivity contribution in [2.24, 2.45) is 0 Å². The second-order valence-corrected chi connectivity index (χ2v) is 12.3. The lowest BCUT2D eigenvalue weighted by atomic mass is 10.1. The highest BCUT2D eigenvalue weighted by atomic mass is 79.9. The molecule has 5 heteroatoms.